The maximum absolute atomic E-state index is 12.7. The van der Waals surface area contributed by atoms with Gasteiger partial charge >= 0.3 is 5.97 Å². The summed E-state index contributed by atoms with van der Waals surface area (Å²) >= 11 is 0. The Hall–Kier alpha value is -2.62. The van der Waals surface area contributed by atoms with Crippen molar-refractivity contribution in [1.29, 1.82) is 0 Å². The van der Waals surface area contributed by atoms with Crippen molar-refractivity contribution in [2.45, 2.75) is 32.1 Å². The molecule has 4 heteroatoms. The summed E-state index contributed by atoms with van der Waals surface area (Å²) in [5.74, 6) is -0.806. The molecule has 1 saturated carbocycles. The molecule has 0 heterocycles. The van der Waals surface area contributed by atoms with Gasteiger partial charge in [-0.3, -0.25) is 4.79 Å². The molecular weight excluding hydrogens is 314 g/mol. The summed E-state index contributed by atoms with van der Waals surface area (Å²) in [6, 6.07) is 17.0. The first-order chi connectivity index (χ1) is 12.1. The number of hydrogen-bond acceptors (Lipinski definition) is 2. The lowest BCUT2D eigenvalue weighted by atomic mass is 9.64. The molecule has 25 heavy (non-hydrogen) atoms. The minimum atomic E-state index is -0.929. The van der Waals surface area contributed by atoms with Crippen LogP contribution in [0.25, 0.3) is 0 Å². The maximum atomic E-state index is 12.7. The molecule has 1 fully saturated rings. The van der Waals surface area contributed by atoms with Gasteiger partial charge in [0, 0.05) is 6.54 Å². The van der Waals surface area contributed by atoms with E-state index >= 15 is 0 Å². The molecule has 4 nitrogen and oxygen atoms in total. The largest absolute Gasteiger partial charge is 0.478 e. The van der Waals surface area contributed by atoms with Crippen LogP contribution in [0.2, 0.25) is 0 Å². The fourth-order valence-electron chi connectivity index (χ4n) is 3.44. The van der Waals surface area contributed by atoms with Gasteiger partial charge in [-0.15, -0.1) is 0 Å². The molecule has 0 radical (unpaired) electrons. The van der Waals surface area contributed by atoms with Crippen LogP contribution in [-0.4, -0.2) is 23.5 Å². The van der Waals surface area contributed by atoms with Crippen LogP contribution in [0, 0.1) is 5.41 Å². The number of carboxylic acids is 1. The zero-order valence-corrected chi connectivity index (χ0v) is 14.2. The predicted molar refractivity (Wildman–Crippen MR) is 96.5 cm³/mol. The number of rotatable bonds is 7. The predicted octanol–water partition coefficient (Wildman–Crippen LogP) is 3.46. The first-order valence-electron chi connectivity index (χ1n) is 8.74. The average Bonchev–Trinajstić information content (AvgIpc) is 2.59. The van der Waals surface area contributed by atoms with Crippen LogP contribution in [0.1, 0.15) is 40.7 Å². The SMILES string of the molecule is O=C(O)c1cccc(CCNC(=O)C2(Cc3ccccc3)CCC2)c1. The summed E-state index contributed by atoms with van der Waals surface area (Å²) in [7, 11) is 0. The van der Waals surface area contributed by atoms with Crippen molar-refractivity contribution in [3.63, 3.8) is 0 Å². The van der Waals surface area contributed by atoms with Crippen molar-refractivity contribution < 1.29 is 14.7 Å². The Morgan fingerprint density at radius 1 is 1.00 bits per heavy atom. The second-order valence-corrected chi connectivity index (χ2v) is 6.81. The molecular formula is C21H23NO3. The Labute approximate surface area is 147 Å². The normalized spacial score (nSPS) is 15.2. The Kier molecular flexibility index (Phi) is 5.17. The highest BCUT2D eigenvalue weighted by Crippen LogP contribution is 2.43. The lowest BCUT2D eigenvalue weighted by molar-refractivity contribution is -0.135. The van der Waals surface area contributed by atoms with Crippen molar-refractivity contribution in [3.8, 4) is 0 Å². The summed E-state index contributed by atoms with van der Waals surface area (Å²) in [5.41, 5.74) is 2.13. The fourth-order valence-corrected chi connectivity index (χ4v) is 3.44. The van der Waals surface area contributed by atoms with Gasteiger partial charge in [-0.2, -0.15) is 0 Å². The molecule has 130 valence electrons. The van der Waals surface area contributed by atoms with E-state index in [4.69, 9.17) is 5.11 Å². The summed E-state index contributed by atoms with van der Waals surface area (Å²) in [6.45, 7) is 0.526. The zero-order chi connectivity index (χ0) is 17.7. The molecule has 2 N–H and O–H groups in total. The standard InChI is InChI=1S/C21H23NO3/c23-19(24)18-9-4-8-16(14-18)10-13-22-20(25)21(11-5-12-21)15-17-6-2-1-3-7-17/h1-4,6-9,14H,5,10-13,15H2,(H,22,25)(H,23,24). The molecule has 2 aromatic rings. The van der Waals surface area contributed by atoms with Crippen LogP contribution in [0.3, 0.4) is 0 Å². The summed E-state index contributed by atoms with van der Waals surface area (Å²) in [5, 5.41) is 12.1. The van der Waals surface area contributed by atoms with Crippen molar-refractivity contribution in [1.82, 2.24) is 5.32 Å². The number of nitrogens with one attached hydrogen (secondary N) is 1. The Balaban J connectivity index is 1.56. The molecule has 0 bridgehead atoms. The summed E-state index contributed by atoms with van der Waals surface area (Å²) in [6.07, 6.45) is 4.38. The number of aromatic carboxylic acids is 1. The second kappa shape index (κ2) is 7.51. The van der Waals surface area contributed by atoms with E-state index in [1.54, 1.807) is 18.2 Å². The summed E-state index contributed by atoms with van der Waals surface area (Å²) < 4.78 is 0. The number of carbonyl (C=O) groups is 2. The van der Waals surface area contributed by atoms with E-state index in [1.807, 2.05) is 24.3 Å². The van der Waals surface area contributed by atoms with Crippen LogP contribution in [0.4, 0.5) is 0 Å². The van der Waals surface area contributed by atoms with Gasteiger partial charge in [-0.05, 0) is 48.9 Å². The Morgan fingerprint density at radius 2 is 1.72 bits per heavy atom. The highest BCUT2D eigenvalue weighted by molar-refractivity contribution is 5.87. The molecule has 0 atom stereocenters. The molecule has 0 saturated heterocycles. The van der Waals surface area contributed by atoms with E-state index < -0.39 is 5.97 Å². The number of hydrogen-bond donors (Lipinski definition) is 2. The third kappa shape index (κ3) is 4.08. The van der Waals surface area contributed by atoms with Gasteiger partial charge in [0.2, 0.25) is 5.91 Å². The minimum Gasteiger partial charge on any atom is -0.478 e. The van der Waals surface area contributed by atoms with E-state index in [9.17, 15) is 9.59 Å². The second-order valence-electron chi connectivity index (χ2n) is 6.81. The molecule has 0 spiro atoms. The number of carboxylic acid groups (broad SMARTS) is 1. The molecule has 0 aliphatic heterocycles. The third-order valence-electron chi connectivity index (χ3n) is 5.05. The Bertz CT molecular complexity index is 751. The van der Waals surface area contributed by atoms with Gasteiger partial charge in [0.15, 0.2) is 0 Å². The van der Waals surface area contributed by atoms with Crippen molar-refractivity contribution >= 4 is 11.9 Å². The number of carbonyl (C=O) groups excluding carboxylic acids is 1. The summed E-state index contributed by atoms with van der Waals surface area (Å²) in [4.78, 5) is 23.7. The van der Waals surface area contributed by atoms with Gasteiger partial charge in [0.05, 0.1) is 11.0 Å². The zero-order valence-electron chi connectivity index (χ0n) is 14.2. The van der Waals surface area contributed by atoms with E-state index in [-0.39, 0.29) is 16.9 Å². The molecule has 0 aromatic heterocycles. The molecule has 1 amide bonds. The van der Waals surface area contributed by atoms with Gasteiger partial charge < -0.3 is 10.4 Å². The lowest BCUT2D eigenvalue weighted by Crippen LogP contribution is -2.47. The monoisotopic (exact) mass is 337 g/mol. The molecule has 2 aromatic carbocycles. The van der Waals surface area contributed by atoms with Gasteiger partial charge in [0.1, 0.15) is 0 Å². The number of amides is 1. The highest BCUT2D eigenvalue weighted by Gasteiger charge is 2.43. The van der Waals surface area contributed by atoms with E-state index in [0.29, 0.717) is 13.0 Å². The fraction of sp³-hybridized carbons (Fsp3) is 0.333. The third-order valence-corrected chi connectivity index (χ3v) is 5.05. The van der Waals surface area contributed by atoms with Crippen molar-refractivity contribution in [2.24, 2.45) is 5.41 Å². The van der Waals surface area contributed by atoms with Crippen LogP contribution >= 0.6 is 0 Å². The quantitative estimate of drug-likeness (QED) is 0.813. The first kappa shape index (κ1) is 17.2. The van der Waals surface area contributed by atoms with Crippen LogP contribution < -0.4 is 5.32 Å². The van der Waals surface area contributed by atoms with Crippen LogP contribution in [0.5, 0.6) is 0 Å². The minimum absolute atomic E-state index is 0.122. The van der Waals surface area contributed by atoms with E-state index in [2.05, 4.69) is 17.4 Å². The van der Waals surface area contributed by atoms with E-state index in [0.717, 1.165) is 31.2 Å². The number of benzene rings is 2. The smallest absolute Gasteiger partial charge is 0.335 e. The Morgan fingerprint density at radius 3 is 2.36 bits per heavy atom. The first-order valence-corrected chi connectivity index (χ1v) is 8.74. The van der Waals surface area contributed by atoms with Gasteiger partial charge in [-0.1, -0.05) is 48.9 Å². The topological polar surface area (TPSA) is 66.4 Å². The van der Waals surface area contributed by atoms with E-state index in [1.165, 1.54) is 5.56 Å². The molecule has 0 unspecified atom stereocenters. The lowest BCUT2D eigenvalue weighted by Gasteiger charge is -2.40. The van der Waals surface area contributed by atoms with Crippen LogP contribution in [-0.2, 0) is 17.6 Å². The van der Waals surface area contributed by atoms with Crippen molar-refractivity contribution in [2.75, 3.05) is 6.54 Å². The highest BCUT2D eigenvalue weighted by atomic mass is 16.4. The van der Waals surface area contributed by atoms with Gasteiger partial charge in [0.25, 0.3) is 0 Å². The maximum Gasteiger partial charge on any atom is 0.335 e. The molecule has 1 aliphatic rings. The molecule has 3 rings (SSSR count). The van der Waals surface area contributed by atoms with Crippen molar-refractivity contribution in [3.05, 3.63) is 71.3 Å². The molecule has 1 aliphatic carbocycles. The average molecular weight is 337 g/mol. The van der Waals surface area contributed by atoms with Crippen LogP contribution in [0.15, 0.2) is 54.6 Å². The van der Waals surface area contributed by atoms with Gasteiger partial charge in [-0.25, -0.2) is 4.79 Å².